The van der Waals surface area contributed by atoms with Crippen molar-refractivity contribution in [3.8, 4) is 0 Å². The Morgan fingerprint density at radius 3 is 2.32 bits per heavy atom. The lowest BCUT2D eigenvalue weighted by Crippen LogP contribution is -2.28. The van der Waals surface area contributed by atoms with E-state index in [1.807, 2.05) is 0 Å². The number of benzene rings is 1. The zero-order chi connectivity index (χ0) is 14.8. The van der Waals surface area contributed by atoms with Crippen LogP contribution in [0.4, 0.5) is 24.5 Å². The Kier molecular flexibility index (Phi) is 4.34. The van der Waals surface area contributed by atoms with Gasteiger partial charge in [-0.15, -0.1) is 0 Å². The van der Waals surface area contributed by atoms with Crippen LogP contribution in [0, 0.1) is 0 Å². The highest BCUT2D eigenvalue weighted by molar-refractivity contribution is 7.92. The van der Waals surface area contributed by atoms with Crippen molar-refractivity contribution < 1.29 is 21.6 Å². The minimum absolute atomic E-state index is 0.130. The van der Waals surface area contributed by atoms with Crippen LogP contribution in [0.25, 0.3) is 0 Å². The molecule has 19 heavy (non-hydrogen) atoms. The molecule has 0 atom stereocenters. The molecule has 0 unspecified atom stereocenters. The smallest absolute Gasteiger partial charge is 0.384 e. The van der Waals surface area contributed by atoms with Gasteiger partial charge in [-0.2, -0.15) is 13.2 Å². The van der Waals surface area contributed by atoms with E-state index in [0.717, 1.165) is 19.4 Å². The standard InChI is InChI=1S/C11H15F3N2O2S/c1-4-15-9-7-5-6-8(11(12,13)14)10(9)16(2)19(3,17)18/h5-7,15H,4H2,1-3H3. The van der Waals surface area contributed by atoms with Gasteiger partial charge in [-0.1, -0.05) is 6.07 Å². The maximum absolute atomic E-state index is 13.0. The first kappa shape index (κ1) is 15.6. The summed E-state index contributed by atoms with van der Waals surface area (Å²) in [6.07, 6.45) is -3.77. The van der Waals surface area contributed by atoms with Gasteiger partial charge >= 0.3 is 6.18 Å². The van der Waals surface area contributed by atoms with Crippen LogP contribution in [0.2, 0.25) is 0 Å². The topological polar surface area (TPSA) is 49.4 Å². The second kappa shape index (κ2) is 5.28. The van der Waals surface area contributed by atoms with Gasteiger partial charge in [-0.05, 0) is 19.1 Å². The molecule has 0 amide bonds. The summed E-state index contributed by atoms with van der Waals surface area (Å²) in [6, 6.07) is 3.51. The van der Waals surface area contributed by atoms with Gasteiger partial charge in [0.25, 0.3) is 0 Å². The van der Waals surface area contributed by atoms with Gasteiger partial charge in [-0.3, -0.25) is 4.31 Å². The van der Waals surface area contributed by atoms with Crippen LogP contribution < -0.4 is 9.62 Å². The summed E-state index contributed by atoms with van der Waals surface area (Å²) in [6.45, 7) is 2.09. The summed E-state index contributed by atoms with van der Waals surface area (Å²) in [5.41, 5.74) is -1.25. The van der Waals surface area contributed by atoms with Crippen molar-refractivity contribution in [1.29, 1.82) is 0 Å². The fourth-order valence-electron chi connectivity index (χ4n) is 1.61. The predicted octanol–water partition coefficient (Wildman–Crippen LogP) is 2.53. The highest BCUT2D eigenvalue weighted by Crippen LogP contribution is 2.41. The van der Waals surface area contributed by atoms with E-state index in [-0.39, 0.29) is 11.4 Å². The number of para-hydroxylation sites is 1. The highest BCUT2D eigenvalue weighted by atomic mass is 32.2. The molecule has 0 radical (unpaired) electrons. The largest absolute Gasteiger partial charge is 0.418 e. The van der Waals surface area contributed by atoms with E-state index in [0.29, 0.717) is 10.8 Å². The van der Waals surface area contributed by atoms with E-state index in [1.165, 1.54) is 12.1 Å². The van der Waals surface area contributed by atoms with E-state index in [1.54, 1.807) is 6.92 Å². The summed E-state index contributed by atoms with van der Waals surface area (Å²) < 4.78 is 62.5. The second-order valence-corrected chi connectivity index (χ2v) is 5.97. The fraction of sp³-hybridized carbons (Fsp3) is 0.455. The molecule has 0 bridgehead atoms. The van der Waals surface area contributed by atoms with E-state index in [9.17, 15) is 21.6 Å². The summed E-state index contributed by atoms with van der Waals surface area (Å²) in [5, 5.41) is 2.74. The maximum Gasteiger partial charge on any atom is 0.418 e. The predicted molar refractivity (Wildman–Crippen MR) is 68.9 cm³/mol. The van der Waals surface area contributed by atoms with Crippen molar-refractivity contribution in [2.45, 2.75) is 13.1 Å². The number of halogens is 3. The maximum atomic E-state index is 13.0. The molecule has 0 saturated carbocycles. The number of hydrogen-bond acceptors (Lipinski definition) is 3. The lowest BCUT2D eigenvalue weighted by molar-refractivity contribution is -0.137. The van der Waals surface area contributed by atoms with Crippen LogP contribution in [0.1, 0.15) is 12.5 Å². The molecule has 0 aliphatic rings. The molecule has 0 spiro atoms. The molecular weight excluding hydrogens is 281 g/mol. The molecule has 0 aliphatic heterocycles. The first-order chi connectivity index (χ1) is 8.59. The fourth-order valence-corrected chi connectivity index (χ4v) is 2.14. The Balaban J connectivity index is 3.55. The third-order valence-corrected chi connectivity index (χ3v) is 3.70. The van der Waals surface area contributed by atoms with E-state index in [4.69, 9.17) is 0 Å². The zero-order valence-electron chi connectivity index (χ0n) is 10.7. The van der Waals surface area contributed by atoms with Crippen molar-refractivity contribution in [2.24, 2.45) is 0 Å². The molecule has 1 aromatic carbocycles. The second-order valence-electron chi connectivity index (χ2n) is 3.96. The molecule has 0 heterocycles. The molecular formula is C11H15F3N2O2S. The number of sulfonamides is 1. The minimum atomic E-state index is -4.63. The minimum Gasteiger partial charge on any atom is -0.384 e. The summed E-state index contributed by atoms with van der Waals surface area (Å²) in [5.74, 6) is 0. The van der Waals surface area contributed by atoms with Gasteiger partial charge < -0.3 is 5.32 Å². The van der Waals surface area contributed by atoms with Gasteiger partial charge in [0, 0.05) is 13.6 Å². The molecule has 1 rings (SSSR count). The molecule has 0 aromatic heterocycles. The quantitative estimate of drug-likeness (QED) is 0.929. The van der Waals surface area contributed by atoms with Gasteiger partial charge in [0.1, 0.15) is 0 Å². The van der Waals surface area contributed by atoms with E-state index < -0.39 is 21.8 Å². The summed E-state index contributed by atoms with van der Waals surface area (Å²) in [4.78, 5) is 0. The lowest BCUT2D eigenvalue weighted by atomic mass is 10.1. The van der Waals surface area contributed by atoms with Gasteiger partial charge in [0.05, 0.1) is 23.2 Å². The number of nitrogens with zero attached hydrogens (tertiary/aromatic N) is 1. The first-order valence-corrected chi connectivity index (χ1v) is 7.31. The Morgan fingerprint density at radius 2 is 1.89 bits per heavy atom. The number of rotatable bonds is 4. The molecule has 0 fully saturated rings. The Morgan fingerprint density at radius 1 is 1.32 bits per heavy atom. The summed E-state index contributed by atoms with van der Waals surface area (Å²) >= 11 is 0. The normalized spacial score (nSPS) is 12.3. The molecule has 0 aliphatic carbocycles. The van der Waals surface area contributed by atoms with Gasteiger partial charge in [0.2, 0.25) is 10.0 Å². The molecule has 108 valence electrons. The Bertz CT molecular complexity index is 556. The molecule has 4 nitrogen and oxygen atoms in total. The zero-order valence-corrected chi connectivity index (χ0v) is 11.6. The van der Waals surface area contributed by atoms with E-state index in [2.05, 4.69) is 5.32 Å². The van der Waals surface area contributed by atoms with Gasteiger partial charge in [0.15, 0.2) is 0 Å². The average molecular weight is 296 g/mol. The van der Waals surface area contributed by atoms with Crippen molar-refractivity contribution in [3.63, 3.8) is 0 Å². The Hall–Kier alpha value is -1.44. The molecule has 8 heteroatoms. The number of anilines is 2. The third-order valence-electron chi connectivity index (χ3n) is 2.52. The van der Waals surface area contributed by atoms with Crippen LogP contribution in [-0.4, -0.2) is 28.3 Å². The first-order valence-electron chi connectivity index (χ1n) is 5.47. The van der Waals surface area contributed by atoms with Crippen molar-refractivity contribution in [1.82, 2.24) is 0 Å². The molecule has 1 N–H and O–H groups in total. The van der Waals surface area contributed by atoms with Crippen molar-refractivity contribution >= 4 is 21.4 Å². The van der Waals surface area contributed by atoms with Crippen LogP contribution >= 0.6 is 0 Å². The average Bonchev–Trinajstić information content (AvgIpc) is 2.26. The van der Waals surface area contributed by atoms with Crippen molar-refractivity contribution in [2.75, 3.05) is 29.5 Å². The Labute approximate surface area is 110 Å². The van der Waals surface area contributed by atoms with Crippen LogP contribution in [0.3, 0.4) is 0 Å². The number of alkyl halides is 3. The van der Waals surface area contributed by atoms with Crippen LogP contribution in [0.15, 0.2) is 18.2 Å². The van der Waals surface area contributed by atoms with Crippen LogP contribution in [0.5, 0.6) is 0 Å². The highest BCUT2D eigenvalue weighted by Gasteiger charge is 2.37. The molecule has 1 aromatic rings. The lowest BCUT2D eigenvalue weighted by Gasteiger charge is -2.24. The molecule has 0 saturated heterocycles. The monoisotopic (exact) mass is 296 g/mol. The third kappa shape index (κ3) is 3.52. The van der Waals surface area contributed by atoms with Gasteiger partial charge in [-0.25, -0.2) is 8.42 Å². The van der Waals surface area contributed by atoms with Crippen LogP contribution in [-0.2, 0) is 16.2 Å². The van der Waals surface area contributed by atoms with Crippen molar-refractivity contribution in [3.05, 3.63) is 23.8 Å². The number of hydrogen-bond donors (Lipinski definition) is 1. The van der Waals surface area contributed by atoms with E-state index >= 15 is 0 Å². The SMILES string of the molecule is CCNc1cccc(C(F)(F)F)c1N(C)S(C)(=O)=O. The number of nitrogens with one attached hydrogen (secondary N) is 1. The summed E-state index contributed by atoms with van der Waals surface area (Å²) in [7, 11) is -2.69.